The third-order valence-electron chi connectivity index (χ3n) is 1.76. The van der Waals surface area contributed by atoms with Gasteiger partial charge in [0.05, 0.1) is 18.4 Å². The van der Waals surface area contributed by atoms with Crippen molar-refractivity contribution >= 4 is 12.2 Å². The molecular weight excluding hydrogens is 158 g/mol. The number of nitrogens with one attached hydrogen (secondary N) is 1. The molecule has 12 heavy (non-hydrogen) atoms. The quantitative estimate of drug-likeness (QED) is 0.599. The zero-order valence-corrected chi connectivity index (χ0v) is 6.19. The summed E-state index contributed by atoms with van der Waals surface area (Å²) in [4.78, 5) is 11.7. The molecule has 0 radical (unpaired) electrons. The highest BCUT2D eigenvalue weighted by Gasteiger charge is 2.16. The Bertz CT molecular complexity index is 342. The van der Waals surface area contributed by atoms with Gasteiger partial charge in [0.2, 0.25) is 0 Å². The Balaban J connectivity index is 2.30. The first kappa shape index (κ1) is 6.90. The Morgan fingerprint density at radius 2 is 2.58 bits per heavy atom. The summed E-state index contributed by atoms with van der Waals surface area (Å²) in [5.74, 6) is 0. The number of rotatable bonds is 0. The Morgan fingerprint density at radius 3 is 3.33 bits per heavy atom. The molecule has 0 bridgehead atoms. The fraction of sp³-hybridized carbons (Fsp3) is 0.143. The summed E-state index contributed by atoms with van der Waals surface area (Å²) in [5, 5.41) is 15.2. The summed E-state index contributed by atoms with van der Waals surface area (Å²) in [7, 11) is 0. The summed E-state index contributed by atoms with van der Waals surface area (Å²) in [5.41, 5.74) is 1.78. The van der Waals surface area contributed by atoms with Gasteiger partial charge in [0, 0.05) is 11.8 Å². The van der Waals surface area contributed by atoms with Crippen LogP contribution in [-0.4, -0.2) is 26.3 Å². The number of fused-ring (bicyclic) bond motifs is 1. The first-order chi connectivity index (χ1) is 5.77. The first-order valence-corrected chi connectivity index (χ1v) is 3.47. The summed E-state index contributed by atoms with van der Waals surface area (Å²) in [6, 6.07) is 0. The maximum absolute atomic E-state index is 10.5. The van der Waals surface area contributed by atoms with Crippen molar-refractivity contribution in [3.63, 3.8) is 0 Å². The first-order valence-electron chi connectivity index (χ1n) is 3.47. The monoisotopic (exact) mass is 165 g/mol. The minimum absolute atomic E-state index is 0.348. The van der Waals surface area contributed by atoms with Crippen LogP contribution in [-0.2, 0) is 6.54 Å². The maximum atomic E-state index is 10.5. The maximum Gasteiger partial charge on any atom is 0.411 e. The summed E-state index contributed by atoms with van der Waals surface area (Å²) >= 11 is 0. The van der Waals surface area contributed by atoms with Gasteiger partial charge in [0.25, 0.3) is 0 Å². The number of carboxylic acid groups (broad SMARTS) is 1. The Kier molecular flexibility index (Phi) is 1.36. The van der Waals surface area contributed by atoms with Crippen molar-refractivity contribution in [2.75, 3.05) is 0 Å². The lowest BCUT2D eigenvalue weighted by Crippen LogP contribution is -2.25. The molecule has 1 aromatic rings. The highest BCUT2D eigenvalue weighted by Crippen LogP contribution is 2.16. The van der Waals surface area contributed by atoms with Crippen molar-refractivity contribution in [3.8, 4) is 0 Å². The summed E-state index contributed by atoms with van der Waals surface area (Å²) < 4.78 is 0. The molecule has 0 saturated heterocycles. The number of aromatic nitrogens is 2. The van der Waals surface area contributed by atoms with E-state index >= 15 is 0 Å². The number of amides is 1. The Hall–Kier alpha value is -1.78. The average Bonchev–Trinajstić information content (AvgIpc) is 2.49. The van der Waals surface area contributed by atoms with E-state index < -0.39 is 6.09 Å². The highest BCUT2D eigenvalue weighted by atomic mass is 16.4. The van der Waals surface area contributed by atoms with E-state index in [4.69, 9.17) is 5.11 Å². The fourth-order valence-electron chi connectivity index (χ4n) is 1.12. The molecule has 0 spiro atoms. The number of aromatic amines is 1. The lowest BCUT2D eigenvalue weighted by Gasteiger charge is -2.16. The van der Waals surface area contributed by atoms with Gasteiger partial charge in [-0.05, 0) is 6.08 Å². The van der Waals surface area contributed by atoms with Gasteiger partial charge in [-0.25, -0.2) is 4.79 Å². The summed E-state index contributed by atoms with van der Waals surface area (Å²) in [6.07, 6.45) is 3.97. The van der Waals surface area contributed by atoms with Crippen molar-refractivity contribution in [2.45, 2.75) is 6.54 Å². The predicted octanol–water partition coefficient (Wildman–Crippen LogP) is 0.874. The minimum atomic E-state index is -0.952. The van der Waals surface area contributed by atoms with Gasteiger partial charge in [-0.2, -0.15) is 5.10 Å². The van der Waals surface area contributed by atoms with E-state index in [1.807, 2.05) is 0 Å². The van der Waals surface area contributed by atoms with Gasteiger partial charge >= 0.3 is 6.09 Å². The minimum Gasteiger partial charge on any atom is -0.465 e. The zero-order valence-electron chi connectivity index (χ0n) is 6.19. The van der Waals surface area contributed by atoms with Crippen molar-refractivity contribution in [1.29, 1.82) is 0 Å². The highest BCUT2D eigenvalue weighted by molar-refractivity contribution is 5.69. The molecule has 1 amide bonds. The molecule has 5 heteroatoms. The van der Waals surface area contributed by atoms with Gasteiger partial charge in [-0.3, -0.25) is 10.00 Å². The molecule has 0 unspecified atom stereocenters. The van der Waals surface area contributed by atoms with E-state index in [1.165, 1.54) is 11.1 Å². The number of hydrogen-bond donors (Lipinski definition) is 2. The van der Waals surface area contributed by atoms with Gasteiger partial charge < -0.3 is 5.11 Å². The van der Waals surface area contributed by atoms with Crippen LogP contribution in [0.3, 0.4) is 0 Å². The molecule has 1 aromatic heterocycles. The molecular formula is C7H7N3O2. The molecule has 1 aliphatic rings. The van der Waals surface area contributed by atoms with E-state index in [2.05, 4.69) is 10.2 Å². The third-order valence-corrected chi connectivity index (χ3v) is 1.76. The van der Waals surface area contributed by atoms with E-state index in [0.29, 0.717) is 6.54 Å². The van der Waals surface area contributed by atoms with Gasteiger partial charge in [-0.1, -0.05) is 0 Å². The Labute approximate surface area is 68.3 Å². The molecule has 0 fully saturated rings. The number of hydrogen-bond acceptors (Lipinski definition) is 2. The van der Waals surface area contributed by atoms with E-state index in [-0.39, 0.29) is 0 Å². The smallest absolute Gasteiger partial charge is 0.411 e. The van der Waals surface area contributed by atoms with Gasteiger partial charge in [-0.15, -0.1) is 0 Å². The molecule has 62 valence electrons. The Morgan fingerprint density at radius 1 is 1.75 bits per heavy atom. The molecule has 0 aromatic carbocycles. The van der Waals surface area contributed by atoms with E-state index in [9.17, 15) is 4.79 Å². The zero-order chi connectivity index (χ0) is 8.55. The van der Waals surface area contributed by atoms with Crippen molar-refractivity contribution in [3.05, 3.63) is 23.7 Å². The van der Waals surface area contributed by atoms with Crippen LogP contribution in [0.15, 0.2) is 12.4 Å². The summed E-state index contributed by atoms with van der Waals surface area (Å²) in [6.45, 7) is 0.348. The standard InChI is InChI=1S/C7H7N3O2/c11-7(12)10-2-1-5-3-8-9-6(5)4-10/h1-3H,4H2,(H,8,9)(H,11,12). The second-order valence-corrected chi connectivity index (χ2v) is 2.53. The largest absolute Gasteiger partial charge is 0.465 e. The fourth-order valence-corrected chi connectivity index (χ4v) is 1.12. The lowest BCUT2D eigenvalue weighted by atomic mass is 10.2. The third kappa shape index (κ3) is 0.952. The van der Waals surface area contributed by atoms with E-state index in [0.717, 1.165) is 11.3 Å². The molecule has 0 atom stereocenters. The van der Waals surface area contributed by atoms with Crippen molar-refractivity contribution in [2.24, 2.45) is 0 Å². The molecule has 2 heterocycles. The van der Waals surface area contributed by atoms with Crippen LogP contribution in [0.4, 0.5) is 4.79 Å². The molecule has 0 aliphatic carbocycles. The van der Waals surface area contributed by atoms with Gasteiger partial charge in [0.15, 0.2) is 0 Å². The average molecular weight is 165 g/mol. The number of H-pyrrole nitrogens is 1. The second kappa shape index (κ2) is 2.37. The normalized spacial score (nSPS) is 14.5. The van der Waals surface area contributed by atoms with Crippen LogP contribution in [0.1, 0.15) is 11.3 Å². The molecule has 0 saturated carbocycles. The van der Waals surface area contributed by atoms with Crippen LogP contribution in [0.5, 0.6) is 0 Å². The van der Waals surface area contributed by atoms with Crippen LogP contribution in [0.2, 0.25) is 0 Å². The lowest BCUT2D eigenvalue weighted by molar-refractivity contribution is 0.160. The molecule has 2 rings (SSSR count). The SMILES string of the molecule is O=C(O)N1C=Cc2cn[nH]c2C1. The van der Waals surface area contributed by atoms with E-state index in [1.54, 1.807) is 12.3 Å². The van der Waals surface area contributed by atoms with Crippen molar-refractivity contribution < 1.29 is 9.90 Å². The predicted molar refractivity (Wildman–Crippen MR) is 41.2 cm³/mol. The topological polar surface area (TPSA) is 69.2 Å². The number of nitrogens with zero attached hydrogens (tertiary/aromatic N) is 2. The van der Waals surface area contributed by atoms with Gasteiger partial charge in [0.1, 0.15) is 0 Å². The molecule has 5 nitrogen and oxygen atoms in total. The van der Waals surface area contributed by atoms with Crippen LogP contribution in [0.25, 0.3) is 6.08 Å². The second-order valence-electron chi connectivity index (χ2n) is 2.53. The van der Waals surface area contributed by atoms with Crippen LogP contribution in [0, 0.1) is 0 Å². The van der Waals surface area contributed by atoms with Crippen LogP contribution < -0.4 is 0 Å². The van der Waals surface area contributed by atoms with Crippen LogP contribution >= 0.6 is 0 Å². The molecule has 2 N–H and O–H groups in total. The molecule has 1 aliphatic heterocycles. The number of carbonyl (C=O) groups is 1. The van der Waals surface area contributed by atoms with Crippen molar-refractivity contribution in [1.82, 2.24) is 15.1 Å².